The van der Waals surface area contributed by atoms with Crippen molar-refractivity contribution in [3.8, 4) is 0 Å². The van der Waals surface area contributed by atoms with E-state index in [1.54, 1.807) is 6.92 Å². The molecule has 1 unspecified atom stereocenters. The average Bonchev–Trinajstić information content (AvgIpc) is 2.15. The molecule has 1 atom stereocenters. The molecule has 0 radical (unpaired) electrons. The van der Waals surface area contributed by atoms with Crippen LogP contribution < -0.4 is 5.32 Å². The maximum Gasteiger partial charge on any atom is 0.390 e. The minimum absolute atomic E-state index is 0.386. The van der Waals surface area contributed by atoms with Gasteiger partial charge in [0.1, 0.15) is 0 Å². The van der Waals surface area contributed by atoms with Crippen LogP contribution in [-0.4, -0.2) is 43.3 Å². The Labute approximate surface area is 88.8 Å². The van der Waals surface area contributed by atoms with Gasteiger partial charge in [-0.3, -0.25) is 0 Å². The molecule has 0 spiro atoms. The Bertz CT molecular complexity index is 186. The van der Waals surface area contributed by atoms with E-state index in [2.05, 4.69) is 5.32 Å². The molecule has 0 amide bonds. The number of nitrogens with one attached hydrogen (secondary N) is 1. The lowest BCUT2D eigenvalue weighted by molar-refractivity contribution is -0.146. The first-order valence-corrected chi connectivity index (χ1v) is 5.40. The zero-order valence-corrected chi connectivity index (χ0v) is 9.27. The van der Waals surface area contributed by atoms with Gasteiger partial charge in [0.25, 0.3) is 0 Å². The summed E-state index contributed by atoms with van der Waals surface area (Å²) in [6, 6.07) is 0.0853. The molecule has 0 saturated carbocycles. The number of nitrogens with zero attached hydrogens (tertiary/aromatic N) is 1. The van der Waals surface area contributed by atoms with Crippen molar-refractivity contribution in [3.63, 3.8) is 0 Å². The molecule has 5 heteroatoms. The lowest BCUT2D eigenvalue weighted by atomic mass is 10.0. The third-order valence-electron chi connectivity index (χ3n) is 3.09. The predicted molar refractivity (Wildman–Crippen MR) is 53.8 cm³/mol. The first-order valence-electron chi connectivity index (χ1n) is 5.40. The van der Waals surface area contributed by atoms with Crippen LogP contribution >= 0.6 is 0 Å². The van der Waals surface area contributed by atoms with E-state index in [0.29, 0.717) is 6.04 Å². The molecular weight excluding hydrogens is 205 g/mol. The molecule has 15 heavy (non-hydrogen) atoms. The second-order valence-electron chi connectivity index (χ2n) is 4.27. The van der Waals surface area contributed by atoms with Crippen LogP contribution in [0.1, 0.15) is 26.2 Å². The second kappa shape index (κ2) is 5.16. The Balaban J connectivity index is 2.33. The van der Waals surface area contributed by atoms with Gasteiger partial charge in [0.15, 0.2) is 0 Å². The summed E-state index contributed by atoms with van der Waals surface area (Å²) in [5.41, 5.74) is 0. The van der Waals surface area contributed by atoms with Crippen molar-refractivity contribution in [3.05, 3.63) is 0 Å². The molecule has 2 nitrogen and oxygen atoms in total. The number of piperidine rings is 1. The van der Waals surface area contributed by atoms with Gasteiger partial charge in [-0.1, -0.05) is 0 Å². The zero-order valence-electron chi connectivity index (χ0n) is 9.27. The van der Waals surface area contributed by atoms with Crippen LogP contribution in [0.2, 0.25) is 0 Å². The Kier molecular flexibility index (Phi) is 4.40. The monoisotopic (exact) mass is 224 g/mol. The molecule has 1 fully saturated rings. The predicted octanol–water partition coefficient (Wildman–Crippen LogP) is 2.01. The van der Waals surface area contributed by atoms with Crippen LogP contribution in [0.5, 0.6) is 0 Å². The highest BCUT2D eigenvalue weighted by Gasteiger charge is 2.33. The third-order valence-corrected chi connectivity index (χ3v) is 3.09. The van der Waals surface area contributed by atoms with E-state index in [-0.39, 0.29) is 6.04 Å². The summed E-state index contributed by atoms with van der Waals surface area (Å²) in [4.78, 5) is 1.93. The van der Waals surface area contributed by atoms with Crippen LogP contribution in [0.25, 0.3) is 0 Å². The first-order chi connectivity index (χ1) is 6.92. The topological polar surface area (TPSA) is 15.3 Å². The minimum Gasteiger partial charge on any atom is -0.317 e. The van der Waals surface area contributed by atoms with Crippen LogP contribution in [-0.2, 0) is 0 Å². The summed E-state index contributed by atoms with van der Waals surface area (Å²) in [6.07, 6.45) is -2.85. The molecule has 1 aliphatic heterocycles. The van der Waals surface area contributed by atoms with Gasteiger partial charge in [0, 0.05) is 12.1 Å². The lowest BCUT2D eigenvalue weighted by Gasteiger charge is -2.36. The maximum absolute atomic E-state index is 12.2. The van der Waals surface area contributed by atoms with Gasteiger partial charge in [0.05, 0.1) is 6.42 Å². The van der Waals surface area contributed by atoms with Crippen LogP contribution in [0.15, 0.2) is 0 Å². The van der Waals surface area contributed by atoms with Crippen molar-refractivity contribution in [2.24, 2.45) is 0 Å². The summed E-state index contributed by atoms with van der Waals surface area (Å²) >= 11 is 0. The summed E-state index contributed by atoms with van der Waals surface area (Å²) < 4.78 is 36.5. The van der Waals surface area contributed by atoms with E-state index in [9.17, 15) is 13.2 Å². The largest absolute Gasteiger partial charge is 0.390 e. The molecule has 0 aliphatic carbocycles. The minimum atomic E-state index is -4.04. The number of hydrogen-bond acceptors (Lipinski definition) is 2. The summed E-state index contributed by atoms with van der Waals surface area (Å²) in [7, 11) is 1.90. The van der Waals surface area contributed by atoms with Crippen LogP contribution in [0, 0.1) is 0 Å². The number of halogens is 3. The molecule has 0 aromatic rings. The summed E-state index contributed by atoms with van der Waals surface area (Å²) in [5, 5.41) is 3.16. The summed E-state index contributed by atoms with van der Waals surface area (Å²) in [6.45, 7) is 3.19. The fourth-order valence-corrected chi connectivity index (χ4v) is 2.09. The van der Waals surface area contributed by atoms with Gasteiger partial charge in [-0.25, -0.2) is 0 Å². The quantitative estimate of drug-likeness (QED) is 0.789. The smallest absolute Gasteiger partial charge is 0.317 e. The number of alkyl halides is 3. The molecule has 1 N–H and O–H groups in total. The van der Waals surface area contributed by atoms with Gasteiger partial charge < -0.3 is 10.2 Å². The highest BCUT2D eigenvalue weighted by atomic mass is 19.4. The van der Waals surface area contributed by atoms with Gasteiger partial charge in [-0.15, -0.1) is 0 Å². The molecule has 90 valence electrons. The van der Waals surface area contributed by atoms with Crippen molar-refractivity contribution in [1.82, 2.24) is 10.2 Å². The first kappa shape index (κ1) is 12.8. The number of rotatable bonds is 3. The van der Waals surface area contributed by atoms with E-state index in [0.717, 1.165) is 25.9 Å². The molecule has 1 rings (SSSR count). The molecule has 1 saturated heterocycles. The van der Waals surface area contributed by atoms with E-state index < -0.39 is 12.6 Å². The highest BCUT2D eigenvalue weighted by Crippen LogP contribution is 2.25. The number of hydrogen-bond donors (Lipinski definition) is 1. The molecule has 1 heterocycles. The van der Waals surface area contributed by atoms with Crippen molar-refractivity contribution < 1.29 is 13.2 Å². The SMILES string of the molecule is CNC1CCN(C(C)CC(F)(F)F)CC1. The van der Waals surface area contributed by atoms with Crippen molar-refractivity contribution in [2.45, 2.75) is 44.4 Å². The van der Waals surface area contributed by atoms with E-state index in [4.69, 9.17) is 0 Å². The van der Waals surface area contributed by atoms with Gasteiger partial charge >= 0.3 is 6.18 Å². The van der Waals surface area contributed by atoms with Crippen molar-refractivity contribution in [1.29, 1.82) is 0 Å². The zero-order chi connectivity index (χ0) is 11.5. The third kappa shape index (κ3) is 4.38. The summed E-state index contributed by atoms with van der Waals surface area (Å²) in [5.74, 6) is 0. The number of likely N-dealkylation sites (tertiary alicyclic amines) is 1. The molecule has 0 aromatic carbocycles. The van der Waals surface area contributed by atoms with E-state index in [1.165, 1.54) is 0 Å². The highest BCUT2D eigenvalue weighted by molar-refractivity contribution is 4.80. The van der Waals surface area contributed by atoms with E-state index in [1.807, 2.05) is 11.9 Å². The second-order valence-corrected chi connectivity index (χ2v) is 4.27. The fraction of sp³-hybridized carbons (Fsp3) is 1.00. The molecular formula is C10H19F3N2. The van der Waals surface area contributed by atoms with Gasteiger partial charge in [0.2, 0.25) is 0 Å². The standard InChI is InChI=1S/C10H19F3N2/c1-8(7-10(11,12)13)15-5-3-9(14-2)4-6-15/h8-9,14H,3-7H2,1-2H3. The normalized spacial score (nSPS) is 23.0. The van der Waals surface area contributed by atoms with Gasteiger partial charge in [-0.2, -0.15) is 13.2 Å². The van der Waals surface area contributed by atoms with Gasteiger partial charge in [-0.05, 0) is 39.9 Å². The van der Waals surface area contributed by atoms with Crippen molar-refractivity contribution in [2.75, 3.05) is 20.1 Å². The molecule has 0 bridgehead atoms. The maximum atomic E-state index is 12.2. The Hall–Kier alpha value is -0.290. The van der Waals surface area contributed by atoms with Crippen LogP contribution in [0.4, 0.5) is 13.2 Å². The van der Waals surface area contributed by atoms with Crippen LogP contribution in [0.3, 0.4) is 0 Å². The molecule has 0 aromatic heterocycles. The Morgan fingerprint density at radius 2 is 1.87 bits per heavy atom. The Morgan fingerprint density at radius 1 is 1.33 bits per heavy atom. The fourth-order valence-electron chi connectivity index (χ4n) is 2.09. The lowest BCUT2D eigenvalue weighted by Crippen LogP contribution is -2.46. The average molecular weight is 224 g/mol. The Morgan fingerprint density at radius 3 is 2.27 bits per heavy atom. The van der Waals surface area contributed by atoms with Crippen molar-refractivity contribution >= 4 is 0 Å². The molecule has 1 aliphatic rings. The van der Waals surface area contributed by atoms with E-state index >= 15 is 0 Å².